The van der Waals surface area contributed by atoms with Crippen molar-refractivity contribution < 1.29 is 61.0 Å². The Morgan fingerprint density at radius 3 is 0.769 bits per heavy atom. The SMILES string of the molecule is CC(=O)/C=C(/C)[O-].CC(=O)/C=C(/C)[O-].CC(=O)/C=C(/C)[O-].CC(C)O.[Zr+3]. The van der Waals surface area contributed by atoms with Crippen molar-refractivity contribution >= 4 is 17.3 Å². The Balaban J connectivity index is -0.0000000759. The third-order valence-electron chi connectivity index (χ3n) is 1.22. The minimum atomic E-state index is -0.187. The molecule has 0 unspecified atom stereocenters. The van der Waals surface area contributed by atoms with Crippen LogP contribution in [0.3, 0.4) is 0 Å². The van der Waals surface area contributed by atoms with Crippen molar-refractivity contribution in [3.63, 3.8) is 0 Å². The molecule has 0 fully saturated rings. The van der Waals surface area contributed by atoms with Gasteiger partial charge in [0.15, 0.2) is 17.3 Å². The van der Waals surface area contributed by atoms with Gasteiger partial charge in [-0.05, 0) is 52.8 Å². The van der Waals surface area contributed by atoms with Crippen LogP contribution in [0.15, 0.2) is 35.5 Å². The van der Waals surface area contributed by atoms with Crippen molar-refractivity contribution in [2.45, 2.75) is 61.5 Å². The molecule has 0 heterocycles. The fraction of sp³-hybridized carbons (Fsp3) is 0.500. The number of hydrogen-bond acceptors (Lipinski definition) is 7. The number of aliphatic hydroxyl groups excluding tert-OH is 1. The van der Waals surface area contributed by atoms with Crippen LogP contribution in [0.2, 0.25) is 0 Å². The zero-order valence-corrected chi connectivity index (χ0v) is 19.2. The molecule has 0 amide bonds. The quantitative estimate of drug-likeness (QED) is 0.469. The van der Waals surface area contributed by atoms with Gasteiger partial charge in [-0.15, -0.1) is 17.3 Å². The molecule has 0 aromatic rings. The molecule has 0 aromatic carbocycles. The first-order valence-corrected chi connectivity index (χ1v) is 7.37. The summed E-state index contributed by atoms with van der Waals surface area (Å²) >= 11 is 0. The van der Waals surface area contributed by atoms with Gasteiger partial charge in [0.2, 0.25) is 0 Å². The van der Waals surface area contributed by atoms with Crippen LogP contribution in [-0.4, -0.2) is 28.6 Å². The maximum Gasteiger partial charge on any atom is 3.00 e. The van der Waals surface area contributed by atoms with Gasteiger partial charge in [0.1, 0.15) is 0 Å². The summed E-state index contributed by atoms with van der Waals surface area (Å²) in [5.74, 6) is -1.12. The van der Waals surface area contributed by atoms with Crippen molar-refractivity contribution in [3.8, 4) is 0 Å². The van der Waals surface area contributed by atoms with E-state index in [1.165, 1.54) is 41.5 Å². The van der Waals surface area contributed by atoms with Crippen LogP contribution in [-0.2, 0) is 40.6 Å². The van der Waals surface area contributed by atoms with Crippen molar-refractivity contribution in [1.82, 2.24) is 0 Å². The van der Waals surface area contributed by atoms with Gasteiger partial charge in [0.05, 0.1) is 0 Å². The van der Waals surface area contributed by atoms with Crippen molar-refractivity contribution in [2.24, 2.45) is 0 Å². The normalized spacial score (nSPS) is 10.6. The summed E-state index contributed by atoms with van der Waals surface area (Å²) in [5.41, 5.74) is 0. The number of hydrogen-bond donors (Lipinski definition) is 1. The molecule has 0 aliphatic carbocycles. The Labute approximate surface area is 175 Å². The molecule has 0 bridgehead atoms. The van der Waals surface area contributed by atoms with E-state index in [1.807, 2.05) is 0 Å². The first-order valence-electron chi connectivity index (χ1n) is 7.37. The Hall–Kier alpha value is -1.53. The van der Waals surface area contributed by atoms with Gasteiger partial charge >= 0.3 is 26.2 Å². The molecule has 147 valence electrons. The second-order valence-electron chi connectivity index (χ2n) is 5.19. The number of carbonyl (C=O) groups is 3. The van der Waals surface area contributed by atoms with E-state index in [-0.39, 0.29) is 66.9 Å². The summed E-state index contributed by atoms with van der Waals surface area (Å²) < 4.78 is 0. The summed E-state index contributed by atoms with van der Waals surface area (Å²) in [6.45, 7) is 11.5. The standard InChI is InChI=1S/3C5H8O2.C3H8O.Zr/c3*1-4(6)3-5(2)7;1-3(2)4;/h3*3,6H,1-2H3;3-4H,1-2H3;/q;;;;+3/p-3/b3*4-3-;;. The second-order valence-corrected chi connectivity index (χ2v) is 5.19. The van der Waals surface area contributed by atoms with Gasteiger partial charge in [0, 0.05) is 6.10 Å². The minimum absolute atomic E-state index is 0. The smallest absolute Gasteiger partial charge is 0.876 e. The Morgan fingerprint density at radius 1 is 0.654 bits per heavy atom. The molecule has 1 N–H and O–H groups in total. The summed E-state index contributed by atoms with van der Waals surface area (Å²) in [4.78, 5) is 29.9. The van der Waals surface area contributed by atoms with Crippen LogP contribution in [0.4, 0.5) is 0 Å². The molecular formula is C18H29O7Zr. The average Bonchev–Trinajstić information content (AvgIpc) is 2.22. The van der Waals surface area contributed by atoms with Crippen LogP contribution in [0.1, 0.15) is 55.4 Å². The van der Waals surface area contributed by atoms with E-state index < -0.39 is 0 Å². The van der Waals surface area contributed by atoms with E-state index in [4.69, 9.17) is 5.11 Å². The fourth-order valence-corrected chi connectivity index (χ4v) is 0.859. The van der Waals surface area contributed by atoms with Gasteiger partial charge in [-0.1, -0.05) is 20.8 Å². The van der Waals surface area contributed by atoms with E-state index in [9.17, 15) is 29.7 Å². The van der Waals surface area contributed by atoms with Crippen LogP contribution < -0.4 is 15.3 Å². The van der Waals surface area contributed by atoms with E-state index in [0.717, 1.165) is 18.2 Å². The molecule has 0 aromatic heterocycles. The number of ketones is 3. The molecule has 0 saturated carbocycles. The third-order valence-corrected chi connectivity index (χ3v) is 1.22. The molecule has 0 aliphatic rings. The molecule has 0 spiro atoms. The predicted molar refractivity (Wildman–Crippen MR) is 90.7 cm³/mol. The van der Waals surface area contributed by atoms with Gasteiger partial charge < -0.3 is 20.4 Å². The summed E-state index contributed by atoms with van der Waals surface area (Å²) in [6, 6.07) is 0. The molecule has 0 saturated heterocycles. The van der Waals surface area contributed by atoms with E-state index in [0.29, 0.717) is 0 Å². The average molecular weight is 449 g/mol. The van der Waals surface area contributed by atoms with Crippen LogP contribution in [0, 0.1) is 0 Å². The molecule has 7 nitrogen and oxygen atoms in total. The summed E-state index contributed by atoms with van der Waals surface area (Å²) in [7, 11) is 0. The molecule has 26 heavy (non-hydrogen) atoms. The molecule has 0 aliphatic heterocycles. The third kappa shape index (κ3) is 94.5. The van der Waals surface area contributed by atoms with Gasteiger partial charge in [-0.25, -0.2) is 0 Å². The minimum Gasteiger partial charge on any atom is -0.876 e. The van der Waals surface area contributed by atoms with Crippen LogP contribution in [0.25, 0.3) is 0 Å². The van der Waals surface area contributed by atoms with E-state index >= 15 is 0 Å². The Kier molecular flexibility index (Phi) is 32.1. The van der Waals surface area contributed by atoms with Gasteiger partial charge in [-0.2, -0.15) is 0 Å². The Bertz CT molecular complexity index is 408. The zero-order valence-electron chi connectivity index (χ0n) is 16.7. The fourth-order valence-electron chi connectivity index (χ4n) is 0.859. The van der Waals surface area contributed by atoms with Crippen LogP contribution in [0.5, 0.6) is 0 Å². The summed E-state index contributed by atoms with van der Waals surface area (Å²) in [6.07, 6.45) is 3.00. The first kappa shape index (κ1) is 35.6. The number of carbonyl (C=O) groups excluding carboxylic acids is 3. The second kappa shape index (κ2) is 23.5. The van der Waals surface area contributed by atoms with E-state index in [2.05, 4.69) is 0 Å². The molecule has 0 rings (SSSR count). The molecular weight excluding hydrogens is 419 g/mol. The monoisotopic (exact) mass is 447 g/mol. The van der Waals surface area contributed by atoms with Crippen LogP contribution >= 0.6 is 0 Å². The largest absolute Gasteiger partial charge is 3.00 e. The topological polar surface area (TPSA) is 141 Å². The van der Waals surface area contributed by atoms with E-state index in [1.54, 1.807) is 13.8 Å². The summed E-state index contributed by atoms with van der Waals surface area (Å²) in [5, 5.41) is 38.0. The number of rotatable bonds is 3. The van der Waals surface area contributed by atoms with Crippen molar-refractivity contribution in [1.29, 1.82) is 0 Å². The predicted octanol–water partition coefficient (Wildman–Crippen LogP) is -0.0969. The maximum absolute atomic E-state index is 9.98. The van der Waals surface area contributed by atoms with Crippen molar-refractivity contribution in [2.75, 3.05) is 0 Å². The molecule has 1 radical (unpaired) electrons. The number of aliphatic hydroxyl groups is 1. The maximum atomic E-state index is 9.98. The Morgan fingerprint density at radius 2 is 0.769 bits per heavy atom. The van der Waals surface area contributed by atoms with Gasteiger partial charge in [-0.3, -0.25) is 14.4 Å². The van der Waals surface area contributed by atoms with Gasteiger partial charge in [0.25, 0.3) is 0 Å². The van der Waals surface area contributed by atoms with Crippen molar-refractivity contribution in [3.05, 3.63) is 35.5 Å². The first-order chi connectivity index (χ1) is 11.1. The molecule has 8 heteroatoms. The zero-order chi connectivity index (χ0) is 21.2. The number of allylic oxidation sites excluding steroid dienone is 6. The molecule has 0 atom stereocenters.